The molecule has 0 fully saturated rings. The summed E-state index contributed by atoms with van der Waals surface area (Å²) in [4.78, 5) is 15.1. The number of hydrogen-bond donors (Lipinski definition) is 2. The average Bonchev–Trinajstić information content (AvgIpc) is 3.31. The molecule has 0 aromatic carbocycles. The lowest BCUT2D eigenvalue weighted by atomic mass is 10.1. The number of pyridine rings is 1. The van der Waals surface area contributed by atoms with E-state index in [1.165, 1.54) is 0 Å². The van der Waals surface area contributed by atoms with Gasteiger partial charge in [0.15, 0.2) is 11.6 Å². The van der Waals surface area contributed by atoms with Gasteiger partial charge in [-0.3, -0.25) is 4.99 Å². The van der Waals surface area contributed by atoms with Crippen molar-refractivity contribution in [1.29, 1.82) is 0 Å². The van der Waals surface area contributed by atoms with E-state index < -0.39 is 6.10 Å². The van der Waals surface area contributed by atoms with Crippen molar-refractivity contribution in [3.8, 4) is 0 Å². The van der Waals surface area contributed by atoms with Crippen LogP contribution in [0.4, 0.5) is 5.82 Å². The Morgan fingerprint density at radius 3 is 2.88 bits per heavy atom. The number of aliphatic hydroxyl groups is 1. The maximum atomic E-state index is 9.86. The lowest BCUT2D eigenvalue weighted by Crippen LogP contribution is -2.24. The Labute approximate surface area is 155 Å². The summed E-state index contributed by atoms with van der Waals surface area (Å²) >= 11 is 1.55. The molecule has 6 nitrogen and oxygen atoms in total. The van der Waals surface area contributed by atoms with Crippen LogP contribution in [-0.4, -0.2) is 28.7 Å². The lowest BCUT2D eigenvalue weighted by molar-refractivity contribution is 0.200. The van der Waals surface area contributed by atoms with Crippen LogP contribution in [0.3, 0.4) is 0 Å². The van der Waals surface area contributed by atoms with E-state index in [2.05, 4.69) is 10.3 Å². The molecule has 0 saturated carbocycles. The third kappa shape index (κ3) is 2.95. The first kappa shape index (κ1) is 16.7. The van der Waals surface area contributed by atoms with Gasteiger partial charge in [-0.15, -0.1) is 11.3 Å². The third-order valence-electron chi connectivity index (χ3n) is 4.19. The van der Waals surface area contributed by atoms with Crippen LogP contribution in [0.15, 0.2) is 62.6 Å². The van der Waals surface area contributed by atoms with E-state index in [9.17, 15) is 5.11 Å². The largest absolute Gasteiger partial charge is 0.463 e. The Bertz CT molecular complexity index is 973. The quantitative estimate of drug-likeness (QED) is 0.741. The van der Waals surface area contributed by atoms with E-state index in [1.807, 2.05) is 42.8 Å². The molecule has 3 aromatic rings. The molecule has 0 aliphatic carbocycles. The van der Waals surface area contributed by atoms with Gasteiger partial charge in [-0.25, -0.2) is 9.98 Å². The number of likely N-dealkylation sites (N-methyl/N-ethyl adjacent to an activating group) is 1. The molecule has 0 amide bonds. The number of fused-ring (bicyclic) bond motifs is 1. The highest BCUT2D eigenvalue weighted by molar-refractivity contribution is 7.10. The first-order valence-electron chi connectivity index (χ1n) is 8.27. The number of hydrogen-bond acceptors (Lipinski definition) is 7. The van der Waals surface area contributed by atoms with Crippen molar-refractivity contribution in [1.82, 2.24) is 10.3 Å². The average molecular weight is 366 g/mol. The molecule has 2 N–H and O–H groups in total. The zero-order chi connectivity index (χ0) is 18.1. The molecule has 3 aromatic heterocycles. The van der Waals surface area contributed by atoms with Gasteiger partial charge in [0.25, 0.3) is 0 Å². The second kappa shape index (κ2) is 6.86. The molecule has 4 heterocycles. The summed E-state index contributed by atoms with van der Waals surface area (Å²) in [6.45, 7) is 1.75. The summed E-state index contributed by atoms with van der Waals surface area (Å²) in [5, 5.41) is 15.0. The van der Waals surface area contributed by atoms with Crippen molar-refractivity contribution in [2.75, 3.05) is 7.05 Å². The van der Waals surface area contributed by atoms with E-state index >= 15 is 0 Å². The van der Waals surface area contributed by atoms with Crippen LogP contribution in [0.2, 0.25) is 0 Å². The minimum Gasteiger partial charge on any atom is -0.463 e. The Balaban J connectivity index is 1.90. The van der Waals surface area contributed by atoms with Gasteiger partial charge < -0.3 is 14.8 Å². The van der Waals surface area contributed by atoms with Crippen LogP contribution < -0.4 is 5.32 Å². The summed E-state index contributed by atoms with van der Waals surface area (Å²) in [5.74, 6) is 1.97. The molecule has 0 radical (unpaired) electrons. The summed E-state index contributed by atoms with van der Waals surface area (Å²) in [7, 11) is 1.82. The molecule has 1 aliphatic heterocycles. The predicted octanol–water partition coefficient (Wildman–Crippen LogP) is 3.63. The van der Waals surface area contributed by atoms with Gasteiger partial charge in [-0.2, -0.15) is 0 Å². The minimum absolute atomic E-state index is 0.327. The highest BCUT2D eigenvalue weighted by Gasteiger charge is 2.27. The molecule has 1 aliphatic rings. The predicted molar refractivity (Wildman–Crippen MR) is 102 cm³/mol. The van der Waals surface area contributed by atoms with Crippen molar-refractivity contribution in [2.24, 2.45) is 9.98 Å². The zero-order valence-corrected chi connectivity index (χ0v) is 15.2. The van der Waals surface area contributed by atoms with E-state index in [0.717, 1.165) is 16.0 Å². The molecule has 2 atom stereocenters. The number of nitrogens with one attached hydrogen (secondary N) is 1. The summed E-state index contributed by atoms with van der Waals surface area (Å²) in [6, 6.07) is 9.17. The molecule has 132 valence electrons. The van der Waals surface area contributed by atoms with Gasteiger partial charge in [-0.05, 0) is 48.2 Å². The van der Waals surface area contributed by atoms with Crippen LogP contribution in [0.5, 0.6) is 0 Å². The molecule has 4 rings (SSSR count). The van der Waals surface area contributed by atoms with Crippen molar-refractivity contribution < 1.29 is 9.52 Å². The second-order valence-corrected chi connectivity index (χ2v) is 6.88. The van der Waals surface area contributed by atoms with Crippen LogP contribution in [0.25, 0.3) is 0 Å². The number of thiophene rings is 1. The van der Waals surface area contributed by atoms with E-state index in [4.69, 9.17) is 14.4 Å². The normalized spacial score (nSPS) is 17.7. The first-order chi connectivity index (χ1) is 12.7. The van der Waals surface area contributed by atoms with Gasteiger partial charge in [-0.1, -0.05) is 0 Å². The van der Waals surface area contributed by atoms with Crippen molar-refractivity contribution in [3.63, 3.8) is 0 Å². The number of aromatic nitrogens is 1. The fraction of sp³-hybridized carbons (Fsp3) is 0.211. The third-order valence-corrected chi connectivity index (χ3v) is 5.19. The maximum Gasteiger partial charge on any atom is 0.163 e. The van der Waals surface area contributed by atoms with Gasteiger partial charge in [0, 0.05) is 23.7 Å². The van der Waals surface area contributed by atoms with E-state index in [0.29, 0.717) is 23.1 Å². The second-order valence-electron chi connectivity index (χ2n) is 5.94. The number of furan rings is 1. The first-order valence-corrected chi connectivity index (χ1v) is 9.15. The molecule has 0 spiro atoms. The highest BCUT2D eigenvalue weighted by Crippen LogP contribution is 2.34. The number of amidine groups is 1. The number of nitrogens with zero attached hydrogens (tertiary/aromatic N) is 3. The van der Waals surface area contributed by atoms with Crippen LogP contribution in [-0.2, 0) is 0 Å². The van der Waals surface area contributed by atoms with E-state index in [1.54, 1.807) is 30.7 Å². The van der Waals surface area contributed by atoms with Gasteiger partial charge in [0.2, 0.25) is 0 Å². The Kier molecular flexibility index (Phi) is 4.40. The number of aliphatic imine (C=N–C) groups is 2. The fourth-order valence-corrected chi connectivity index (χ4v) is 3.87. The van der Waals surface area contributed by atoms with E-state index in [-0.39, 0.29) is 6.04 Å². The van der Waals surface area contributed by atoms with Crippen LogP contribution in [0, 0.1) is 0 Å². The smallest absolute Gasteiger partial charge is 0.163 e. The maximum absolute atomic E-state index is 9.86. The van der Waals surface area contributed by atoms with Crippen molar-refractivity contribution >= 4 is 28.7 Å². The van der Waals surface area contributed by atoms with Crippen molar-refractivity contribution in [3.05, 3.63) is 69.9 Å². The minimum atomic E-state index is -0.520. The molecular formula is C19H18N4O2S. The Hall–Kier alpha value is -2.77. The zero-order valence-electron chi connectivity index (χ0n) is 14.4. The van der Waals surface area contributed by atoms with Crippen LogP contribution >= 0.6 is 11.3 Å². The summed E-state index contributed by atoms with van der Waals surface area (Å²) < 4.78 is 5.62. The molecule has 26 heavy (non-hydrogen) atoms. The standard InChI is InChI=1S/C19H18N4O2S/c1-11(24)12-9-15(26-10-12)17-19(20-2)23-18-13(5-3-7-21-18)16(22-17)14-6-4-8-25-14/h3-11,17,24H,1-2H3,(H,20,21,23). The summed E-state index contributed by atoms with van der Waals surface area (Å²) in [6.07, 6.45) is 2.82. The Morgan fingerprint density at radius 1 is 1.31 bits per heavy atom. The number of aliphatic hydroxyl groups excluding tert-OH is 1. The van der Waals surface area contributed by atoms with Gasteiger partial charge in [0.05, 0.1) is 12.4 Å². The van der Waals surface area contributed by atoms with Gasteiger partial charge >= 0.3 is 0 Å². The highest BCUT2D eigenvalue weighted by atomic mass is 32.1. The summed E-state index contributed by atoms with van der Waals surface area (Å²) in [5.41, 5.74) is 2.41. The SMILES string of the molecule is CNC1=Nc2ncccc2C(c2ccco2)=NC1c1cc(C(C)O)cs1. The Morgan fingerprint density at radius 2 is 2.19 bits per heavy atom. The fourth-order valence-electron chi connectivity index (χ4n) is 2.84. The molecule has 0 saturated heterocycles. The van der Waals surface area contributed by atoms with Crippen molar-refractivity contribution in [2.45, 2.75) is 19.1 Å². The lowest BCUT2D eigenvalue weighted by Gasteiger charge is -2.13. The molecule has 7 heteroatoms. The monoisotopic (exact) mass is 366 g/mol. The number of rotatable bonds is 3. The molecule has 0 bridgehead atoms. The topological polar surface area (TPSA) is 83.0 Å². The molecular weight excluding hydrogens is 348 g/mol. The van der Waals surface area contributed by atoms with Gasteiger partial charge in [0.1, 0.15) is 17.6 Å². The van der Waals surface area contributed by atoms with Crippen LogP contribution in [0.1, 0.15) is 40.8 Å². The molecule has 2 unspecified atom stereocenters.